The largest absolute Gasteiger partial charge is 0.326 e. The minimum Gasteiger partial charge on any atom is -0.326 e. The summed E-state index contributed by atoms with van der Waals surface area (Å²) >= 11 is 1.28. The van der Waals surface area contributed by atoms with Crippen molar-refractivity contribution in [2.24, 2.45) is 0 Å². The molecule has 1 N–H and O–H groups in total. The van der Waals surface area contributed by atoms with E-state index in [1.165, 1.54) is 18.7 Å². The maximum atomic E-state index is 12.3. The zero-order chi connectivity index (χ0) is 18.0. The van der Waals surface area contributed by atoms with Gasteiger partial charge in [0.15, 0.2) is 5.78 Å². The number of amides is 1. The molecule has 1 aromatic carbocycles. The molecule has 128 valence electrons. The molecule has 0 aliphatic rings. The van der Waals surface area contributed by atoms with E-state index in [0.717, 1.165) is 11.4 Å². The third-order valence-electron chi connectivity index (χ3n) is 3.46. The maximum absolute atomic E-state index is 12.3. The Labute approximate surface area is 148 Å². The van der Waals surface area contributed by atoms with Crippen molar-refractivity contribution in [2.45, 2.75) is 25.9 Å². The minimum atomic E-state index is -0.147. The Balaban J connectivity index is 1.68. The third kappa shape index (κ3) is 4.03. The van der Waals surface area contributed by atoms with Gasteiger partial charge in [-0.2, -0.15) is 4.98 Å². The first-order chi connectivity index (χ1) is 11.9. The monoisotopic (exact) mass is 355 g/mol. The predicted molar refractivity (Wildman–Crippen MR) is 96.1 cm³/mol. The summed E-state index contributed by atoms with van der Waals surface area (Å²) in [7, 11) is 0. The molecule has 0 unspecified atom stereocenters. The number of carbonyl (C=O) groups excluding carboxylic acids is 2. The van der Waals surface area contributed by atoms with Crippen LogP contribution >= 0.6 is 11.8 Å². The van der Waals surface area contributed by atoms with Gasteiger partial charge in [0.1, 0.15) is 0 Å². The molecule has 0 spiro atoms. The van der Waals surface area contributed by atoms with E-state index in [1.807, 2.05) is 19.9 Å². The molecule has 0 saturated heterocycles. The molecular weight excluding hydrogens is 338 g/mol. The lowest BCUT2D eigenvalue weighted by molar-refractivity contribution is -0.114. The van der Waals surface area contributed by atoms with Crippen LogP contribution in [0.1, 0.15) is 28.7 Å². The number of hydrogen-bond donors (Lipinski definition) is 1. The van der Waals surface area contributed by atoms with Crippen molar-refractivity contribution in [2.75, 3.05) is 11.1 Å². The second kappa shape index (κ2) is 7.02. The highest BCUT2D eigenvalue weighted by molar-refractivity contribution is 7.99. The van der Waals surface area contributed by atoms with Gasteiger partial charge in [0.05, 0.1) is 5.75 Å². The van der Waals surface area contributed by atoms with E-state index < -0.39 is 0 Å². The van der Waals surface area contributed by atoms with Crippen molar-refractivity contribution in [3.8, 4) is 0 Å². The second-order valence-corrected chi connectivity index (χ2v) is 6.56. The van der Waals surface area contributed by atoms with E-state index in [-0.39, 0.29) is 17.4 Å². The van der Waals surface area contributed by atoms with Crippen LogP contribution in [-0.2, 0) is 4.79 Å². The number of ketones is 1. The van der Waals surface area contributed by atoms with Gasteiger partial charge in [-0.15, -0.1) is 5.10 Å². The molecular formula is C17H17N5O2S. The van der Waals surface area contributed by atoms with Gasteiger partial charge >= 0.3 is 0 Å². The van der Waals surface area contributed by atoms with Crippen molar-refractivity contribution < 1.29 is 9.59 Å². The average molecular weight is 355 g/mol. The van der Waals surface area contributed by atoms with Gasteiger partial charge in [-0.25, -0.2) is 9.50 Å². The van der Waals surface area contributed by atoms with Gasteiger partial charge in [0.25, 0.3) is 5.78 Å². The Bertz CT molecular complexity index is 950. The van der Waals surface area contributed by atoms with Gasteiger partial charge in [-0.1, -0.05) is 11.8 Å². The minimum absolute atomic E-state index is 0.0286. The molecule has 8 heteroatoms. The Morgan fingerprint density at radius 3 is 2.56 bits per heavy atom. The van der Waals surface area contributed by atoms with E-state index in [9.17, 15) is 9.59 Å². The Morgan fingerprint density at radius 2 is 1.88 bits per heavy atom. The molecule has 25 heavy (non-hydrogen) atoms. The van der Waals surface area contributed by atoms with Crippen LogP contribution < -0.4 is 5.32 Å². The third-order valence-corrected chi connectivity index (χ3v) is 4.30. The van der Waals surface area contributed by atoms with E-state index >= 15 is 0 Å². The first-order valence-corrected chi connectivity index (χ1v) is 8.65. The smallest absolute Gasteiger partial charge is 0.253 e. The maximum Gasteiger partial charge on any atom is 0.253 e. The van der Waals surface area contributed by atoms with Crippen molar-refractivity contribution in [3.63, 3.8) is 0 Å². The predicted octanol–water partition coefficient (Wildman–Crippen LogP) is 2.67. The number of benzene rings is 1. The Kier molecular flexibility index (Phi) is 4.80. The van der Waals surface area contributed by atoms with Crippen LogP contribution in [0.4, 0.5) is 5.69 Å². The summed E-state index contributed by atoms with van der Waals surface area (Å²) < 4.78 is 1.67. The van der Waals surface area contributed by atoms with Crippen LogP contribution in [0.5, 0.6) is 0 Å². The Morgan fingerprint density at radius 1 is 1.16 bits per heavy atom. The first-order valence-electron chi connectivity index (χ1n) is 7.67. The molecule has 0 aliphatic heterocycles. The quantitative estimate of drug-likeness (QED) is 0.559. The summed E-state index contributed by atoms with van der Waals surface area (Å²) in [6, 6.07) is 8.73. The van der Waals surface area contributed by atoms with Crippen molar-refractivity contribution in [3.05, 3.63) is 47.3 Å². The van der Waals surface area contributed by atoms with Crippen LogP contribution in [0.3, 0.4) is 0 Å². The van der Waals surface area contributed by atoms with E-state index in [0.29, 0.717) is 22.2 Å². The summed E-state index contributed by atoms with van der Waals surface area (Å²) in [4.78, 5) is 32.0. The van der Waals surface area contributed by atoms with Crippen LogP contribution in [0.2, 0.25) is 0 Å². The van der Waals surface area contributed by atoms with E-state index in [4.69, 9.17) is 0 Å². The number of carbonyl (C=O) groups is 2. The Hall–Kier alpha value is -2.74. The van der Waals surface area contributed by atoms with Crippen molar-refractivity contribution >= 4 is 34.9 Å². The van der Waals surface area contributed by atoms with Gasteiger partial charge in [0, 0.05) is 29.6 Å². The van der Waals surface area contributed by atoms with E-state index in [2.05, 4.69) is 20.4 Å². The number of aryl methyl sites for hydroxylation is 2. The molecule has 0 fully saturated rings. The van der Waals surface area contributed by atoms with Gasteiger partial charge in [-0.05, 0) is 44.2 Å². The zero-order valence-corrected chi connectivity index (χ0v) is 14.9. The number of aromatic nitrogens is 4. The fourth-order valence-corrected chi connectivity index (χ4v) is 3.08. The number of anilines is 1. The van der Waals surface area contributed by atoms with Gasteiger partial charge < -0.3 is 5.32 Å². The topological polar surface area (TPSA) is 89.2 Å². The number of nitrogens with zero attached hydrogens (tertiary/aromatic N) is 4. The fraction of sp³-hybridized carbons (Fsp3) is 0.235. The van der Waals surface area contributed by atoms with Crippen LogP contribution in [0.15, 0.2) is 35.5 Å². The highest BCUT2D eigenvalue weighted by Gasteiger charge is 2.12. The molecule has 0 bridgehead atoms. The lowest BCUT2D eigenvalue weighted by Gasteiger charge is -2.03. The van der Waals surface area contributed by atoms with E-state index in [1.54, 1.807) is 28.8 Å². The number of rotatable bonds is 5. The first kappa shape index (κ1) is 17.1. The number of thioether (sulfide) groups is 1. The normalized spacial score (nSPS) is 10.8. The van der Waals surface area contributed by atoms with Crippen LogP contribution in [-0.4, -0.2) is 37.0 Å². The number of nitrogens with one attached hydrogen (secondary N) is 1. The molecule has 0 atom stereocenters. The molecule has 1 amide bonds. The zero-order valence-electron chi connectivity index (χ0n) is 14.1. The summed E-state index contributed by atoms with van der Waals surface area (Å²) in [6.07, 6.45) is 0. The molecule has 2 heterocycles. The molecule has 3 aromatic rings. The van der Waals surface area contributed by atoms with Crippen molar-refractivity contribution in [1.29, 1.82) is 0 Å². The average Bonchev–Trinajstić information content (AvgIpc) is 2.96. The number of hydrogen-bond acceptors (Lipinski definition) is 6. The highest BCUT2D eigenvalue weighted by Crippen LogP contribution is 2.18. The molecule has 3 rings (SSSR count). The van der Waals surface area contributed by atoms with Crippen LogP contribution in [0, 0.1) is 13.8 Å². The molecule has 7 nitrogen and oxygen atoms in total. The number of fused-ring (bicyclic) bond motifs is 1. The van der Waals surface area contributed by atoms with Crippen LogP contribution in [0.25, 0.3) is 5.78 Å². The fourth-order valence-electron chi connectivity index (χ4n) is 2.37. The lowest BCUT2D eigenvalue weighted by atomic mass is 10.1. The molecule has 0 radical (unpaired) electrons. The van der Waals surface area contributed by atoms with Gasteiger partial charge in [-0.3, -0.25) is 9.59 Å². The molecule has 0 saturated carbocycles. The lowest BCUT2D eigenvalue weighted by Crippen LogP contribution is -2.07. The summed E-state index contributed by atoms with van der Waals surface area (Å²) in [6.45, 7) is 5.28. The van der Waals surface area contributed by atoms with Crippen molar-refractivity contribution in [1.82, 2.24) is 19.6 Å². The SMILES string of the molecule is CC(=O)Nc1ccc(C(=O)CSc2nc3nc(C)cc(C)n3n2)cc1. The summed E-state index contributed by atoms with van der Waals surface area (Å²) in [5, 5.41) is 7.56. The highest BCUT2D eigenvalue weighted by atomic mass is 32.2. The van der Waals surface area contributed by atoms with Gasteiger partial charge in [0.2, 0.25) is 11.1 Å². The second-order valence-electron chi connectivity index (χ2n) is 5.62. The summed E-state index contributed by atoms with van der Waals surface area (Å²) in [5.41, 5.74) is 3.07. The summed E-state index contributed by atoms with van der Waals surface area (Å²) in [5.74, 6) is 0.590. The number of Topliss-reactive ketones (excluding diaryl/α,β-unsaturated/α-hetero) is 1. The standard InChI is InChI=1S/C17H17N5O2S/c1-10-8-11(2)22-16(18-10)20-17(21-22)25-9-15(24)13-4-6-14(7-5-13)19-12(3)23/h4-8H,9H2,1-3H3,(H,19,23). The molecule has 2 aromatic heterocycles. The molecule has 0 aliphatic carbocycles.